The van der Waals surface area contributed by atoms with Crippen LogP contribution in [0.2, 0.25) is 5.15 Å². The van der Waals surface area contributed by atoms with Gasteiger partial charge in [0.2, 0.25) is 0 Å². The molecule has 1 saturated carbocycles. The second-order valence-corrected chi connectivity index (χ2v) is 9.45. The first-order chi connectivity index (χ1) is 15.3. The van der Waals surface area contributed by atoms with Gasteiger partial charge in [0, 0.05) is 25.0 Å². The van der Waals surface area contributed by atoms with E-state index in [-0.39, 0.29) is 34.9 Å². The number of benzene rings is 1. The Kier molecular flexibility index (Phi) is 7.86. The lowest BCUT2D eigenvalue weighted by molar-refractivity contribution is 0.201. The molecule has 0 atom stereocenters. The van der Waals surface area contributed by atoms with Crippen LogP contribution in [0.3, 0.4) is 0 Å². The third-order valence-electron chi connectivity index (χ3n) is 5.15. The first kappa shape index (κ1) is 23.7. The molecule has 0 radical (unpaired) electrons. The van der Waals surface area contributed by atoms with Crippen LogP contribution in [0.4, 0.5) is 15.4 Å². The summed E-state index contributed by atoms with van der Waals surface area (Å²) in [6.07, 6.45) is 6.59. The Labute approximate surface area is 191 Å². The molecule has 3 N–H and O–H groups in total. The van der Waals surface area contributed by atoms with Gasteiger partial charge in [-0.05, 0) is 37.0 Å². The van der Waals surface area contributed by atoms with Crippen molar-refractivity contribution in [3.8, 4) is 0 Å². The molecule has 3 amide bonds. The maximum absolute atomic E-state index is 12.5. The predicted molar refractivity (Wildman–Crippen MR) is 118 cm³/mol. The summed E-state index contributed by atoms with van der Waals surface area (Å²) in [5.41, 5.74) is 0.696. The molecular weight excluding hydrogens is 458 g/mol. The number of sulfonamides is 1. The van der Waals surface area contributed by atoms with E-state index < -0.39 is 22.1 Å². The monoisotopic (exact) mass is 481 g/mol. The number of urea groups is 1. The number of aromatic nitrogens is 2. The molecule has 1 aliphatic rings. The third-order valence-corrected chi connectivity index (χ3v) is 6.76. The van der Waals surface area contributed by atoms with E-state index in [2.05, 4.69) is 15.3 Å². The zero-order chi connectivity index (χ0) is 23.1. The fourth-order valence-electron chi connectivity index (χ4n) is 3.51. The van der Waals surface area contributed by atoms with E-state index in [4.69, 9.17) is 11.6 Å². The molecule has 1 aromatic carbocycles. The second kappa shape index (κ2) is 10.6. The second-order valence-electron chi connectivity index (χ2n) is 7.41. The fraction of sp³-hybridized carbons (Fsp3) is 0.400. The first-order valence-electron chi connectivity index (χ1n) is 10.2. The Morgan fingerprint density at radius 3 is 2.38 bits per heavy atom. The van der Waals surface area contributed by atoms with Gasteiger partial charge in [-0.15, -0.1) is 0 Å². The molecule has 1 aliphatic carbocycles. The summed E-state index contributed by atoms with van der Waals surface area (Å²) in [5, 5.41) is 12.1. The Hall–Kier alpha value is -2.92. The van der Waals surface area contributed by atoms with Gasteiger partial charge in [-0.2, -0.15) is 0 Å². The van der Waals surface area contributed by atoms with Gasteiger partial charge in [0.15, 0.2) is 11.0 Å². The third kappa shape index (κ3) is 6.30. The van der Waals surface area contributed by atoms with Gasteiger partial charge in [0.05, 0.1) is 4.90 Å². The predicted octanol–water partition coefficient (Wildman–Crippen LogP) is 3.18. The molecule has 0 aliphatic heterocycles. The van der Waals surface area contributed by atoms with Crippen LogP contribution in [-0.2, 0) is 16.4 Å². The lowest BCUT2D eigenvalue weighted by atomic mass is 9.96. The molecule has 3 rings (SSSR count). The van der Waals surface area contributed by atoms with Crippen LogP contribution < -0.4 is 14.9 Å². The van der Waals surface area contributed by atoms with Gasteiger partial charge in [0.1, 0.15) is 0 Å². The fourth-order valence-corrected chi connectivity index (χ4v) is 4.63. The zero-order valence-electron chi connectivity index (χ0n) is 17.2. The molecular formula is C20H24ClN5O5S. The van der Waals surface area contributed by atoms with E-state index in [0.717, 1.165) is 37.0 Å². The molecule has 172 valence electrons. The van der Waals surface area contributed by atoms with E-state index in [0.29, 0.717) is 5.56 Å². The van der Waals surface area contributed by atoms with Crippen LogP contribution in [0.5, 0.6) is 0 Å². The maximum Gasteiger partial charge on any atom is 0.413 e. The normalized spacial score (nSPS) is 14.5. The van der Waals surface area contributed by atoms with Crippen molar-refractivity contribution in [2.24, 2.45) is 0 Å². The quantitative estimate of drug-likeness (QED) is 0.551. The number of hydrogen-bond donors (Lipinski definition) is 3. The molecule has 1 aromatic heterocycles. The van der Waals surface area contributed by atoms with Gasteiger partial charge in [-0.25, -0.2) is 32.7 Å². The highest BCUT2D eigenvalue weighted by Crippen LogP contribution is 2.21. The molecule has 1 heterocycles. The van der Waals surface area contributed by atoms with E-state index in [1.807, 2.05) is 4.72 Å². The van der Waals surface area contributed by atoms with E-state index in [9.17, 15) is 23.1 Å². The van der Waals surface area contributed by atoms with Crippen LogP contribution in [-0.4, -0.2) is 48.2 Å². The summed E-state index contributed by atoms with van der Waals surface area (Å²) >= 11 is 5.93. The van der Waals surface area contributed by atoms with Crippen molar-refractivity contribution >= 4 is 39.6 Å². The Balaban J connectivity index is 1.60. The van der Waals surface area contributed by atoms with Crippen molar-refractivity contribution in [1.29, 1.82) is 0 Å². The van der Waals surface area contributed by atoms with Crippen LogP contribution in [0.15, 0.2) is 41.6 Å². The SMILES string of the molecule is O=C(NC1CCCCC1)NS(=O)(=O)c1ccc(CCN(C(=O)O)c2nccnc2Cl)cc1. The van der Waals surface area contributed by atoms with Gasteiger partial charge < -0.3 is 10.4 Å². The number of nitrogens with one attached hydrogen (secondary N) is 2. The number of anilines is 1. The van der Waals surface area contributed by atoms with E-state index in [1.165, 1.54) is 24.5 Å². The summed E-state index contributed by atoms with van der Waals surface area (Å²) in [4.78, 5) is 32.4. The number of hydrogen-bond acceptors (Lipinski definition) is 6. The average Bonchev–Trinajstić information content (AvgIpc) is 2.75. The maximum atomic E-state index is 12.5. The number of rotatable bonds is 7. The molecule has 0 unspecified atom stereocenters. The topological polar surface area (TPSA) is 142 Å². The highest BCUT2D eigenvalue weighted by molar-refractivity contribution is 7.90. The van der Waals surface area contributed by atoms with Crippen LogP contribution in [0.1, 0.15) is 37.7 Å². The molecule has 1 fully saturated rings. The molecule has 0 spiro atoms. The minimum atomic E-state index is -4.02. The van der Waals surface area contributed by atoms with Crippen molar-refractivity contribution in [2.45, 2.75) is 49.5 Å². The summed E-state index contributed by atoms with van der Waals surface area (Å²) in [6, 6.07) is 5.11. The van der Waals surface area contributed by atoms with Gasteiger partial charge in [-0.3, -0.25) is 4.90 Å². The van der Waals surface area contributed by atoms with E-state index >= 15 is 0 Å². The molecule has 0 saturated heterocycles. The number of carbonyl (C=O) groups excluding carboxylic acids is 1. The van der Waals surface area contributed by atoms with E-state index in [1.54, 1.807) is 12.1 Å². The lowest BCUT2D eigenvalue weighted by Gasteiger charge is -2.22. The first-order valence-corrected chi connectivity index (χ1v) is 12.0. The molecule has 2 aromatic rings. The molecule has 0 bridgehead atoms. The lowest BCUT2D eigenvalue weighted by Crippen LogP contribution is -2.45. The minimum absolute atomic E-state index is 0.0127. The van der Waals surface area contributed by atoms with Crippen molar-refractivity contribution in [2.75, 3.05) is 11.4 Å². The zero-order valence-corrected chi connectivity index (χ0v) is 18.8. The van der Waals surface area contributed by atoms with Crippen LogP contribution in [0.25, 0.3) is 0 Å². The van der Waals surface area contributed by atoms with Crippen molar-refractivity contribution in [3.63, 3.8) is 0 Å². The van der Waals surface area contributed by atoms with Gasteiger partial charge in [-0.1, -0.05) is 43.0 Å². The number of carboxylic acid groups (broad SMARTS) is 1. The Morgan fingerprint density at radius 1 is 1.09 bits per heavy atom. The Bertz CT molecular complexity index is 1060. The van der Waals surface area contributed by atoms with Crippen molar-refractivity contribution < 1.29 is 23.1 Å². The highest BCUT2D eigenvalue weighted by atomic mass is 35.5. The van der Waals surface area contributed by atoms with Gasteiger partial charge >= 0.3 is 12.1 Å². The van der Waals surface area contributed by atoms with Crippen molar-refractivity contribution in [1.82, 2.24) is 20.0 Å². The smallest absolute Gasteiger partial charge is 0.413 e. The number of amides is 3. The Morgan fingerprint density at radius 2 is 1.75 bits per heavy atom. The van der Waals surface area contributed by atoms with Crippen molar-refractivity contribution in [3.05, 3.63) is 47.4 Å². The summed E-state index contributed by atoms with van der Waals surface area (Å²) in [7, 11) is -4.02. The number of carbonyl (C=O) groups is 2. The van der Waals surface area contributed by atoms with Crippen LogP contribution >= 0.6 is 11.6 Å². The number of nitrogens with zero attached hydrogens (tertiary/aromatic N) is 3. The van der Waals surface area contributed by atoms with Gasteiger partial charge in [0.25, 0.3) is 10.0 Å². The summed E-state index contributed by atoms with van der Waals surface area (Å²) in [5.74, 6) is 0.0223. The minimum Gasteiger partial charge on any atom is -0.465 e. The highest BCUT2D eigenvalue weighted by Gasteiger charge is 2.22. The summed E-state index contributed by atoms with van der Waals surface area (Å²) in [6.45, 7) is 0.0435. The summed E-state index contributed by atoms with van der Waals surface area (Å²) < 4.78 is 27.0. The largest absolute Gasteiger partial charge is 0.465 e. The molecule has 12 heteroatoms. The molecule has 10 nitrogen and oxygen atoms in total. The van der Waals surface area contributed by atoms with Crippen LogP contribution in [0, 0.1) is 0 Å². The molecule has 32 heavy (non-hydrogen) atoms. The number of halogens is 1. The average molecular weight is 482 g/mol. The standard InChI is InChI=1S/C20H24ClN5O5S/c21-17-18(23-12-11-22-17)26(20(28)29)13-10-14-6-8-16(9-7-14)32(30,31)25-19(27)24-15-4-2-1-3-5-15/h6-9,11-12,15H,1-5,10,13H2,(H,28,29)(H2,24,25,27).